The first-order chi connectivity index (χ1) is 14.5. The molecular weight excluding hydrogens is 396 g/mol. The number of aromatic nitrogens is 3. The largest absolute Gasteiger partial charge is 0.494 e. The predicted molar refractivity (Wildman–Crippen MR) is 120 cm³/mol. The molecular formula is C23H22N4O2S. The van der Waals surface area contributed by atoms with Crippen LogP contribution in [0.4, 0.5) is 0 Å². The first kappa shape index (κ1) is 18.8. The van der Waals surface area contributed by atoms with Crippen molar-refractivity contribution in [1.29, 1.82) is 0 Å². The number of hydrogen-bond donors (Lipinski definition) is 4. The number of benzene rings is 2. The van der Waals surface area contributed by atoms with Gasteiger partial charge >= 0.3 is 0 Å². The molecule has 0 saturated carbocycles. The van der Waals surface area contributed by atoms with Gasteiger partial charge < -0.3 is 15.4 Å². The Morgan fingerprint density at radius 2 is 1.93 bits per heavy atom. The zero-order valence-electron chi connectivity index (χ0n) is 16.7. The van der Waals surface area contributed by atoms with E-state index in [1.54, 1.807) is 4.57 Å². The summed E-state index contributed by atoms with van der Waals surface area (Å²) in [5.74, 6) is -0.139. The number of hydrogen-bond acceptors (Lipinski definition) is 4. The molecule has 3 heterocycles. The highest BCUT2D eigenvalue weighted by atomic mass is 32.1. The summed E-state index contributed by atoms with van der Waals surface area (Å²) < 4.78 is 1.71. The van der Waals surface area contributed by atoms with Gasteiger partial charge in [0, 0.05) is 23.1 Å². The smallest absolute Gasteiger partial charge is 0.260 e. The van der Waals surface area contributed by atoms with E-state index >= 15 is 0 Å². The molecule has 1 aliphatic rings. The fourth-order valence-electron chi connectivity index (χ4n) is 4.51. The molecule has 0 radical (unpaired) electrons. The number of aromatic amines is 2. The molecule has 4 aromatic rings. The maximum Gasteiger partial charge on any atom is 0.260 e. The number of rotatable bonds is 2. The van der Waals surface area contributed by atoms with E-state index < -0.39 is 6.04 Å². The molecule has 6 nitrogen and oxygen atoms in total. The van der Waals surface area contributed by atoms with Gasteiger partial charge in [-0.25, -0.2) is 0 Å². The van der Waals surface area contributed by atoms with E-state index in [1.165, 1.54) is 5.56 Å². The van der Waals surface area contributed by atoms with E-state index in [1.807, 2.05) is 50.2 Å². The molecule has 0 saturated heterocycles. The molecule has 2 aromatic heterocycles. The van der Waals surface area contributed by atoms with Crippen molar-refractivity contribution in [2.45, 2.75) is 26.3 Å². The summed E-state index contributed by atoms with van der Waals surface area (Å²) in [6.07, 6.45) is 0.852. The Kier molecular flexibility index (Phi) is 4.38. The zero-order valence-corrected chi connectivity index (χ0v) is 17.6. The van der Waals surface area contributed by atoms with Crippen molar-refractivity contribution in [2.75, 3.05) is 6.54 Å². The summed E-state index contributed by atoms with van der Waals surface area (Å²) in [7, 11) is 0. The molecule has 1 aliphatic heterocycles. The van der Waals surface area contributed by atoms with Crippen LogP contribution in [-0.4, -0.2) is 26.2 Å². The Morgan fingerprint density at radius 3 is 2.73 bits per heavy atom. The number of nitrogens with one attached hydrogen (secondary N) is 3. The van der Waals surface area contributed by atoms with Gasteiger partial charge in [-0.1, -0.05) is 35.9 Å². The average molecular weight is 419 g/mol. The van der Waals surface area contributed by atoms with Crippen LogP contribution in [0, 0.1) is 18.6 Å². The fraction of sp³-hybridized carbons (Fsp3) is 0.217. The lowest BCUT2D eigenvalue weighted by Gasteiger charge is -2.26. The molecule has 0 aliphatic carbocycles. The molecule has 0 amide bonds. The van der Waals surface area contributed by atoms with E-state index in [9.17, 15) is 9.90 Å². The van der Waals surface area contributed by atoms with E-state index in [-0.39, 0.29) is 21.8 Å². The number of para-hydroxylation sites is 1. The maximum absolute atomic E-state index is 13.0. The van der Waals surface area contributed by atoms with Crippen molar-refractivity contribution in [1.82, 2.24) is 19.9 Å². The molecule has 0 bridgehead atoms. The summed E-state index contributed by atoms with van der Waals surface area (Å²) in [5, 5.41) is 15.8. The normalized spacial score (nSPS) is 16.0. The van der Waals surface area contributed by atoms with Crippen LogP contribution in [0.1, 0.15) is 34.0 Å². The van der Waals surface area contributed by atoms with Crippen molar-refractivity contribution >= 4 is 23.1 Å². The molecule has 30 heavy (non-hydrogen) atoms. The van der Waals surface area contributed by atoms with Crippen LogP contribution in [0.2, 0.25) is 0 Å². The van der Waals surface area contributed by atoms with E-state index in [0.717, 1.165) is 39.8 Å². The van der Waals surface area contributed by atoms with Gasteiger partial charge in [-0.05, 0) is 55.7 Å². The molecule has 4 N–H and O–H groups in total. The number of nitrogens with zero attached hydrogens (tertiary/aromatic N) is 1. The maximum atomic E-state index is 13.0. The van der Waals surface area contributed by atoms with Crippen LogP contribution in [0.25, 0.3) is 16.6 Å². The highest BCUT2D eigenvalue weighted by Crippen LogP contribution is 2.36. The van der Waals surface area contributed by atoms with Gasteiger partial charge in [0.1, 0.15) is 5.56 Å². The Bertz CT molecular complexity index is 1410. The molecule has 0 spiro atoms. The Labute approximate surface area is 178 Å². The van der Waals surface area contributed by atoms with Crippen molar-refractivity contribution in [3.05, 3.63) is 85.5 Å². The third-order valence-electron chi connectivity index (χ3n) is 5.86. The third-order valence-corrected chi connectivity index (χ3v) is 6.15. The van der Waals surface area contributed by atoms with Crippen LogP contribution < -0.4 is 10.9 Å². The fourth-order valence-corrected chi connectivity index (χ4v) is 4.78. The standard InChI is InChI=1S/C23H22N4O2S/c1-12-7-8-17(13(2)11-12)27-22(29)18(21(28)26-23(27)30)20-19-15(9-10-24-20)14-5-3-4-6-16(14)25-19/h3-8,11,20,24-25,29H,9-10H2,1-2H3,(H,26,28,30)/t20-/m0/s1. The second-order valence-corrected chi connectivity index (χ2v) is 8.21. The van der Waals surface area contributed by atoms with Gasteiger partial charge in [-0.3, -0.25) is 14.3 Å². The van der Waals surface area contributed by atoms with Gasteiger partial charge in [0.15, 0.2) is 4.77 Å². The van der Waals surface area contributed by atoms with E-state index in [0.29, 0.717) is 6.54 Å². The summed E-state index contributed by atoms with van der Waals surface area (Å²) in [6, 6.07) is 13.5. The van der Waals surface area contributed by atoms with Gasteiger partial charge in [0.2, 0.25) is 5.88 Å². The summed E-state index contributed by atoms with van der Waals surface area (Å²) >= 11 is 5.41. The quantitative estimate of drug-likeness (QED) is 0.372. The molecule has 0 unspecified atom stereocenters. The van der Waals surface area contributed by atoms with Crippen molar-refractivity contribution in [2.24, 2.45) is 0 Å². The predicted octanol–water partition coefficient (Wildman–Crippen LogP) is 3.93. The molecule has 7 heteroatoms. The SMILES string of the molecule is Cc1ccc(-n2c(O)c([C@@H]3NCCc4c3[nH]c3ccccc43)c(=O)[nH]c2=S)c(C)c1. The van der Waals surface area contributed by atoms with Crippen molar-refractivity contribution in [3.8, 4) is 11.6 Å². The van der Waals surface area contributed by atoms with Crippen LogP contribution >= 0.6 is 12.2 Å². The van der Waals surface area contributed by atoms with Crippen molar-refractivity contribution < 1.29 is 5.11 Å². The Hall–Kier alpha value is -3.16. The first-order valence-electron chi connectivity index (χ1n) is 9.94. The Balaban J connectivity index is 1.76. The lowest BCUT2D eigenvalue weighted by molar-refractivity contribution is 0.412. The lowest BCUT2D eigenvalue weighted by Crippen LogP contribution is -2.35. The molecule has 5 rings (SSSR count). The van der Waals surface area contributed by atoms with Gasteiger partial charge in [0.25, 0.3) is 5.56 Å². The molecule has 152 valence electrons. The van der Waals surface area contributed by atoms with Crippen LogP contribution in [0.15, 0.2) is 47.3 Å². The van der Waals surface area contributed by atoms with Gasteiger partial charge in [-0.15, -0.1) is 0 Å². The highest BCUT2D eigenvalue weighted by molar-refractivity contribution is 7.71. The third kappa shape index (κ3) is 2.81. The first-order valence-corrected chi connectivity index (χ1v) is 10.3. The number of H-pyrrole nitrogens is 2. The van der Waals surface area contributed by atoms with Gasteiger partial charge in [0.05, 0.1) is 11.7 Å². The minimum absolute atomic E-state index is 0.139. The average Bonchev–Trinajstić information content (AvgIpc) is 3.09. The van der Waals surface area contributed by atoms with Crippen LogP contribution in [0.5, 0.6) is 5.88 Å². The molecule has 1 atom stereocenters. The minimum Gasteiger partial charge on any atom is -0.494 e. The number of aromatic hydroxyl groups is 1. The van der Waals surface area contributed by atoms with Crippen LogP contribution in [0.3, 0.4) is 0 Å². The Morgan fingerprint density at radius 1 is 1.13 bits per heavy atom. The second-order valence-electron chi connectivity index (χ2n) is 7.82. The zero-order chi connectivity index (χ0) is 21.0. The second kappa shape index (κ2) is 6.97. The lowest BCUT2D eigenvalue weighted by atomic mass is 9.95. The minimum atomic E-state index is -0.461. The topological polar surface area (TPSA) is 85.8 Å². The monoisotopic (exact) mass is 418 g/mol. The van der Waals surface area contributed by atoms with Crippen LogP contribution in [-0.2, 0) is 6.42 Å². The van der Waals surface area contributed by atoms with E-state index in [2.05, 4.69) is 21.4 Å². The summed E-state index contributed by atoms with van der Waals surface area (Å²) in [4.78, 5) is 19.2. The number of fused-ring (bicyclic) bond motifs is 3. The summed E-state index contributed by atoms with van der Waals surface area (Å²) in [6.45, 7) is 4.68. The molecule has 2 aromatic carbocycles. The highest BCUT2D eigenvalue weighted by Gasteiger charge is 2.31. The van der Waals surface area contributed by atoms with E-state index in [4.69, 9.17) is 12.2 Å². The summed E-state index contributed by atoms with van der Waals surface area (Å²) in [5.41, 5.74) is 5.80. The van der Waals surface area contributed by atoms with Gasteiger partial charge in [-0.2, -0.15) is 0 Å². The molecule has 0 fully saturated rings. The van der Waals surface area contributed by atoms with Crippen molar-refractivity contribution in [3.63, 3.8) is 0 Å². The number of aryl methyl sites for hydroxylation is 2.